The number of alkyl halides is 6. The zero-order chi connectivity index (χ0) is 25.4. The van der Waals surface area contributed by atoms with Gasteiger partial charge in [0.15, 0.2) is 11.9 Å². The van der Waals surface area contributed by atoms with Crippen LogP contribution in [0.2, 0.25) is 5.02 Å². The fraction of sp³-hybridized carbons (Fsp3) is 0.250. The number of halogens is 8. The second kappa shape index (κ2) is 9.00. The lowest BCUT2D eigenvalue weighted by molar-refractivity contribution is -0.212. The van der Waals surface area contributed by atoms with Gasteiger partial charge in [-0.1, -0.05) is 11.6 Å². The molecule has 6 nitrogen and oxygen atoms in total. The van der Waals surface area contributed by atoms with Crippen LogP contribution in [-0.2, 0) is 15.7 Å². The minimum atomic E-state index is -5.12. The average Bonchev–Trinajstić information content (AvgIpc) is 3.22. The molecule has 2 unspecified atom stereocenters. The summed E-state index contributed by atoms with van der Waals surface area (Å²) in [5.74, 6) is -2.45. The van der Waals surface area contributed by atoms with Crippen molar-refractivity contribution in [1.82, 2.24) is 0 Å². The summed E-state index contributed by atoms with van der Waals surface area (Å²) in [5, 5.41) is 19.1. The van der Waals surface area contributed by atoms with Gasteiger partial charge in [-0.15, -0.1) is 0 Å². The molecule has 0 saturated carbocycles. The number of rotatable bonds is 3. The summed E-state index contributed by atoms with van der Waals surface area (Å²) < 4.78 is 99.5. The van der Waals surface area contributed by atoms with Gasteiger partial charge in [-0.05, 0) is 30.3 Å². The number of carbonyl (C=O) groups is 1. The highest BCUT2D eigenvalue weighted by molar-refractivity contribution is 6.32. The molecule has 0 spiro atoms. The highest BCUT2D eigenvalue weighted by Gasteiger charge is 2.52. The van der Waals surface area contributed by atoms with Gasteiger partial charge in [-0.25, -0.2) is 4.39 Å². The molecule has 1 amide bonds. The van der Waals surface area contributed by atoms with E-state index in [2.05, 4.69) is 0 Å². The molecule has 3 rings (SSSR count). The van der Waals surface area contributed by atoms with E-state index < -0.39 is 70.5 Å². The third-order valence-electron chi connectivity index (χ3n) is 4.73. The highest BCUT2D eigenvalue weighted by Crippen LogP contribution is 2.39. The van der Waals surface area contributed by atoms with Gasteiger partial charge in [0.2, 0.25) is 6.23 Å². The zero-order valence-corrected chi connectivity index (χ0v) is 17.2. The maximum atomic E-state index is 14.3. The molecule has 2 aromatic rings. The Balaban J connectivity index is 1.92. The third-order valence-corrected chi connectivity index (χ3v) is 5.10. The number of anilines is 2. The van der Waals surface area contributed by atoms with E-state index in [9.17, 15) is 35.5 Å². The lowest BCUT2D eigenvalue weighted by atomic mass is 10.1. The maximum absolute atomic E-state index is 14.3. The SMILES string of the molecule is N#Cc1ccc(N2CC(C(=O)Nc3ccc(C#N)c(Cl)c3F)OC2C(F)(F)F)cc1C(F)(F)F. The van der Waals surface area contributed by atoms with Crippen LogP contribution in [0, 0.1) is 28.5 Å². The lowest BCUT2D eigenvalue weighted by Crippen LogP contribution is -2.42. The number of hydrogen-bond donors (Lipinski definition) is 1. The predicted octanol–water partition coefficient (Wildman–Crippen LogP) is 4.97. The molecule has 2 atom stereocenters. The summed E-state index contributed by atoms with van der Waals surface area (Å²) in [5.41, 5.74) is -3.66. The van der Waals surface area contributed by atoms with Crippen LogP contribution in [-0.4, -0.2) is 31.0 Å². The molecule has 1 saturated heterocycles. The van der Waals surface area contributed by atoms with E-state index in [0.29, 0.717) is 17.0 Å². The zero-order valence-electron chi connectivity index (χ0n) is 16.4. The van der Waals surface area contributed by atoms with Gasteiger partial charge < -0.3 is 15.0 Å². The summed E-state index contributed by atoms with van der Waals surface area (Å²) in [4.78, 5) is 12.9. The van der Waals surface area contributed by atoms with Gasteiger partial charge in [-0.2, -0.15) is 36.9 Å². The van der Waals surface area contributed by atoms with E-state index in [0.717, 1.165) is 18.2 Å². The molecule has 0 aromatic heterocycles. The fourth-order valence-electron chi connectivity index (χ4n) is 3.17. The Hall–Kier alpha value is -3.55. The van der Waals surface area contributed by atoms with Crippen LogP contribution in [0.3, 0.4) is 0 Å². The molecule has 0 aliphatic carbocycles. The van der Waals surface area contributed by atoms with Crippen molar-refractivity contribution in [3.05, 3.63) is 57.9 Å². The Bertz CT molecular complexity index is 1220. The maximum Gasteiger partial charge on any atom is 0.433 e. The van der Waals surface area contributed by atoms with Crippen LogP contribution in [0.15, 0.2) is 30.3 Å². The fourth-order valence-corrected chi connectivity index (χ4v) is 3.38. The minimum Gasteiger partial charge on any atom is -0.335 e. The van der Waals surface area contributed by atoms with Crippen molar-refractivity contribution in [3.8, 4) is 12.1 Å². The molecule has 0 radical (unpaired) electrons. The van der Waals surface area contributed by atoms with E-state index in [-0.39, 0.29) is 5.56 Å². The molecule has 0 bridgehead atoms. The van der Waals surface area contributed by atoms with Crippen LogP contribution < -0.4 is 10.2 Å². The monoisotopic (exact) mass is 506 g/mol. The summed E-state index contributed by atoms with van der Waals surface area (Å²) in [7, 11) is 0. The molecule has 1 aliphatic rings. The number of hydrogen-bond acceptors (Lipinski definition) is 5. The largest absolute Gasteiger partial charge is 0.433 e. The van der Waals surface area contributed by atoms with Gasteiger partial charge in [0.25, 0.3) is 5.91 Å². The molecule has 1 N–H and O–H groups in total. The van der Waals surface area contributed by atoms with Crippen molar-refractivity contribution in [2.24, 2.45) is 0 Å². The molecular formula is C20H10ClF7N4O2. The quantitative estimate of drug-likeness (QED) is 0.594. The van der Waals surface area contributed by atoms with Crippen molar-refractivity contribution in [1.29, 1.82) is 10.5 Å². The second-order valence-electron chi connectivity index (χ2n) is 6.90. The van der Waals surface area contributed by atoms with E-state index in [1.165, 1.54) is 6.07 Å². The van der Waals surface area contributed by atoms with Gasteiger partial charge in [-0.3, -0.25) is 4.79 Å². The van der Waals surface area contributed by atoms with Gasteiger partial charge >= 0.3 is 12.4 Å². The van der Waals surface area contributed by atoms with Crippen LogP contribution in [0.1, 0.15) is 16.7 Å². The number of carbonyl (C=O) groups excluding carboxylic acids is 1. The topological polar surface area (TPSA) is 89.2 Å². The Morgan fingerprint density at radius 1 is 1.09 bits per heavy atom. The number of nitrogens with one attached hydrogen (secondary N) is 1. The van der Waals surface area contributed by atoms with Gasteiger partial charge in [0.05, 0.1) is 40.0 Å². The molecule has 1 fully saturated rings. The van der Waals surface area contributed by atoms with E-state index in [1.807, 2.05) is 5.32 Å². The Labute approximate surface area is 191 Å². The molecular weight excluding hydrogens is 497 g/mol. The van der Waals surface area contributed by atoms with Crippen molar-refractivity contribution < 1.29 is 40.3 Å². The van der Waals surface area contributed by atoms with Crippen LogP contribution in [0.25, 0.3) is 0 Å². The number of benzene rings is 2. The molecule has 14 heteroatoms. The Kier molecular flexibility index (Phi) is 6.64. The van der Waals surface area contributed by atoms with Crippen LogP contribution in [0.5, 0.6) is 0 Å². The minimum absolute atomic E-state index is 0.251. The van der Waals surface area contributed by atoms with Crippen LogP contribution in [0.4, 0.5) is 42.1 Å². The van der Waals surface area contributed by atoms with Crippen LogP contribution >= 0.6 is 11.6 Å². The van der Waals surface area contributed by atoms with E-state index >= 15 is 0 Å². The normalized spacial score (nSPS) is 18.4. The summed E-state index contributed by atoms with van der Waals surface area (Å²) in [6, 6.07) is 6.84. The number of nitrogens with zero attached hydrogens (tertiary/aromatic N) is 3. The first-order valence-electron chi connectivity index (χ1n) is 9.07. The van der Waals surface area contributed by atoms with Crippen molar-refractivity contribution in [2.45, 2.75) is 24.7 Å². The van der Waals surface area contributed by atoms with E-state index in [4.69, 9.17) is 26.9 Å². The number of amides is 1. The summed E-state index contributed by atoms with van der Waals surface area (Å²) in [6.07, 6.45) is -14.8. The molecule has 1 heterocycles. The number of ether oxygens (including phenoxy) is 1. The second-order valence-corrected chi connectivity index (χ2v) is 7.28. The van der Waals surface area contributed by atoms with Crippen molar-refractivity contribution in [2.75, 3.05) is 16.8 Å². The Morgan fingerprint density at radius 3 is 2.26 bits per heavy atom. The van der Waals surface area contributed by atoms with Crippen molar-refractivity contribution >= 4 is 28.9 Å². The first kappa shape index (κ1) is 25.1. The first-order valence-corrected chi connectivity index (χ1v) is 9.44. The first-order chi connectivity index (χ1) is 15.8. The molecule has 1 aliphatic heterocycles. The van der Waals surface area contributed by atoms with Crippen molar-refractivity contribution in [3.63, 3.8) is 0 Å². The molecule has 2 aromatic carbocycles. The average molecular weight is 507 g/mol. The third kappa shape index (κ3) is 4.85. The smallest absolute Gasteiger partial charge is 0.335 e. The number of nitriles is 2. The van der Waals surface area contributed by atoms with E-state index in [1.54, 1.807) is 6.07 Å². The van der Waals surface area contributed by atoms with Gasteiger partial charge in [0, 0.05) is 5.69 Å². The molecule has 34 heavy (non-hydrogen) atoms. The lowest BCUT2D eigenvalue weighted by Gasteiger charge is -2.27. The standard InChI is InChI=1S/C20H10ClF7N4O2/c21-15-10(7-30)2-4-13(16(15)22)31-17(33)14-8-32(18(34-14)20(26,27)28)11-3-1-9(6-29)12(5-11)19(23,24)25/h1-5,14,18H,8H2,(H,31,33). The van der Waals surface area contributed by atoms with Gasteiger partial charge in [0.1, 0.15) is 6.07 Å². The Morgan fingerprint density at radius 2 is 1.71 bits per heavy atom. The summed E-state index contributed by atoms with van der Waals surface area (Å²) in [6.45, 7) is -0.842. The predicted molar refractivity (Wildman–Crippen MR) is 103 cm³/mol. The highest BCUT2D eigenvalue weighted by atomic mass is 35.5. The molecule has 178 valence electrons. The summed E-state index contributed by atoms with van der Waals surface area (Å²) >= 11 is 5.65.